The first-order chi connectivity index (χ1) is 9.74. The Labute approximate surface area is 122 Å². The number of thiazole rings is 1. The van der Waals surface area contributed by atoms with E-state index in [1.807, 2.05) is 31.2 Å². The van der Waals surface area contributed by atoms with Gasteiger partial charge in [0.2, 0.25) is 0 Å². The molecule has 3 nitrogen and oxygen atoms in total. The molecular formula is C16H16N2OS. The zero-order valence-electron chi connectivity index (χ0n) is 11.5. The van der Waals surface area contributed by atoms with E-state index >= 15 is 0 Å². The average molecular weight is 284 g/mol. The molecule has 3 rings (SSSR count). The third kappa shape index (κ3) is 2.75. The van der Waals surface area contributed by atoms with Crippen molar-refractivity contribution in [3.8, 4) is 5.75 Å². The smallest absolute Gasteiger partial charge is 0.188 e. The van der Waals surface area contributed by atoms with Gasteiger partial charge in [-0.25, -0.2) is 4.98 Å². The minimum atomic E-state index is 0.671. The second-order valence-corrected chi connectivity index (χ2v) is 5.61. The summed E-state index contributed by atoms with van der Waals surface area (Å²) in [5, 5.41) is 4.24. The first kappa shape index (κ1) is 12.9. The molecule has 1 aromatic heterocycles. The summed E-state index contributed by atoms with van der Waals surface area (Å²) in [6.07, 6.45) is 0. The topological polar surface area (TPSA) is 34.1 Å². The van der Waals surface area contributed by atoms with Crippen molar-refractivity contribution in [3.05, 3.63) is 48.0 Å². The molecule has 0 fully saturated rings. The van der Waals surface area contributed by atoms with Crippen LogP contribution >= 0.6 is 11.3 Å². The van der Waals surface area contributed by atoms with E-state index in [0.717, 1.165) is 22.1 Å². The van der Waals surface area contributed by atoms with Crippen LogP contribution in [0.25, 0.3) is 10.2 Å². The van der Waals surface area contributed by atoms with Crippen LogP contribution in [0, 0.1) is 6.92 Å². The van der Waals surface area contributed by atoms with Crippen molar-refractivity contribution in [2.45, 2.75) is 13.8 Å². The highest BCUT2D eigenvalue weighted by Gasteiger charge is 2.04. The lowest BCUT2D eigenvalue weighted by Crippen LogP contribution is -1.93. The van der Waals surface area contributed by atoms with E-state index < -0.39 is 0 Å². The summed E-state index contributed by atoms with van der Waals surface area (Å²) in [5.74, 6) is 0.870. The van der Waals surface area contributed by atoms with Crippen LogP contribution in [0.2, 0.25) is 0 Å². The van der Waals surface area contributed by atoms with Crippen LogP contribution in [-0.4, -0.2) is 11.6 Å². The molecule has 1 heterocycles. The highest BCUT2D eigenvalue weighted by molar-refractivity contribution is 7.22. The Bertz CT molecular complexity index is 736. The number of aromatic nitrogens is 1. The quantitative estimate of drug-likeness (QED) is 0.751. The van der Waals surface area contributed by atoms with Crippen LogP contribution in [0.4, 0.5) is 10.8 Å². The van der Waals surface area contributed by atoms with Gasteiger partial charge in [0.25, 0.3) is 0 Å². The summed E-state index contributed by atoms with van der Waals surface area (Å²) in [6, 6.07) is 14.3. The van der Waals surface area contributed by atoms with Gasteiger partial charge in [-0.1, -0.05) is 23.5 Å². The number of fused-ring (bicyclic) bond motifs is 1. The molecule has 0 unspecified atom stereocenters. The number of hydrogen-bond acceptors (Lipinski definition) is 4. The minimum absolute atomic E-state index is 0.671. The van der Waals surface area contributed by atoms with Gasteiger partial charge in [-0.2, -0.15) is 0 Å². The zero-order valence-corrected chi connectivity index (χ0v) is 12.3. The second kappa shape index (κ2) is 5.51. The maximum absolute atomic E-state index is 5.50. The van der Waals surface area contributed by atoms with Gasteiger partial charge in [-0.05, 0) is 43.7 Å². The molecule has 4 heteroatoms. The molecule has 3 aromatic rings. The van der Waals surface area contributed by atoms with Crippen LogP contribution in [0.15, 0.2) is 42.5 Å². The molecule has 0 saturated heterocycles. The summed E-state index contributed by atoms with van der Waals surface area (Å²) in [6.45, 7) is 4.73. The lowest BCUT2D eigenvalue weighted by molar-refractivity contribution is 0.340. The number of anilines is 2. The Hall–Kier alpha value is -2.07. The van der Waals surface area contributed by atoms with Gasteiger partial charge < -0.3 is 10.1 Å². The van der Waals surface area contributed by atoms with Gasteiger partial charge in [-0.15, -0.1) is 0 Å². The van der Waals surface area contributed by atoms with Gasteiger partial charge in [0.15, 0.2) is 5.13 Å². The van der Waals surface area contributed by atoms with Crippen LogP contribution in [-0.2, 0) is 0 Å². The Balaban J connectivity index is 1.87. The number of benzene rings is 2. The Morgan fingerprint density at radius 2 is 2.10 bits per heavy atom. The Morgan fingerprint density at radius 1 is 1.20 bits per heavy atom. The van der Waals surface area contributed by atoms with Crippen molar-refractivity contribution < 1.29 is 4.74 Å². The predicted octanol–water partition coefficient (Wildman–Crippen LogP) is 4.75. The summed E-state index contributed by atoms with van der Waals surface area (Å²) < 4.78 is 6.70. The molecule has 0 saturated carbocycles. The standard InChI is InChI=1S/C16H16N2OS/c1-3-19-13-6-4-5-12(10-13)17-16-18-14-9-11(2)7-8-15(14)20-16/h4-10H,3H2,1-2H3,(H,17,18). The molecule has 0 radical (unpaired) electrons. The van der Waals surface area contributed by atoms with E-state index in [-0.39, 0.29) is 0 Å². The summed E-state index contributed by atoms with van der Waals surface area (Å²) >= 11 is 1.66. The van der Waals surface area contributed by atoms with Gasteiger partial charge in [0.05, 0.1) is 16.8 Å². The Kier molecular flexibility index (Phi) is 3.56. The monoisotopic (exact) mass is 284 g/mol. The number of ether oxygens (including phenoxy) is 1. The van der Waals surface area contributed by atoms with Crippen molar-refractivity contribution in [1.82, 2.24) is 4.98 Å². The number of nitrogens with zero attached hydrogens (tertiary/aromatic N) is 1. The first-order valence-electron chi connectivity index (χ1n) is 6.61. The SMILES string of the molecule is CCOc1cccc(Nc2nc3cc(C)ccc3s2)c1. The largest absolute Gasteiger partial charge is 0.494 e. The summed E-state index contributed by atoms with van der Waals surface area (Å²) in [4.78, 5) is 4.61. The predicted molar refractivity (Wildman–Crippen MR) is 85.3 cm³/mol. The molecule has 0 aliphatic rings. The summed E-state index contributed by atoms with van der Waals surface area (Å²) in [5.41, 5.74) is 3.26. The van der Waals surface area contributed by atoms with Crippen LogP contribution in [0.1, 0.15) is 12.5 Å². The maximum Gasteiger partial charge on any atom is 0.188 e. The average Bonchev–Trinajstić information content (AvgIpc) is 2.81. The fourth-order valence-electron chi connectivity index (χ4n) is 2.04. The van der Waals surface area contributed by atoms with Crippen molar-refractivity contribution in [2.75, 3.05) is 11.9 Å². The van der Waals surface area contributed by atoms with Crippen molar-refractivity contribution in [2.24, 2.45) is 0 Å². The lowest BCUT2D eigenvalue weighted by Gasteiger charge is -2.06. The fraction of sp³-hybridized carbons (Fsp3) is 0.188. The normalized spacial score (nSPS) is 10.7. The lowest BCUT2D eigenvalue weighted by atomic mass is 10.2. The molecular weight excluding hydrogens is 268 g/mol. The van der Waals surface area contributed by atoms with E-state index in [4.69, 9.17) is 4.74 Å². The van der Waals surface area contributed by atoms with Gasteiger partial charge in [-0.3, -0.25) is 0 Å². The highest BCUT2D eigenvalue weighted by Crippen LogP contribution is 2.29. The first-order valence-corrected chi connectivity index (χ1v) is 7.43. The third-order valence-electron chi connectivity index (χ3n) is 2.94. The van der Waals surface area contributed by atoms with E-state index in [1.165, 1.54) is 10.3 Å². The van der Waals surface area contributed by atoms with Gasteiger partial charge in [0.1, 0.15) is 5.75 Å². The van der Waals surface area contributed by atoms with E-state index in [1.54, 1.807) is 11.3 Å². The second-order valence-electron chi connectivity index (χ2n) is 4.58. The van der Waals surface area contributed by atoms with Crippen molar-refractivity contribution >= 4 is 32.4 Å². The number of rotatable bonds is 4. The van der Waals surface area contributed by atoms with E-state index in [9.17, 15) is 0 Å². The molecule has 20 heavy (non-hydrogen) atoms. The van der Waals surface area contributed by atoms with Crippen LogP contribution in [0.5, 0.6) is 5.75 Å². The molecule has 0 bridgehead atoms. The molecule has 0 aliphatic carbocycles. The highest BCUT2D eigenvalue weighted by atomic mass is 32.1. The number of aryl methyl sites for hydroxylation is 1. The summed E-state index contributed by atoms with van der Waals surface area (Å²) in [7, 11) is 0. The molecule has 0 aliphatic heterocycles. The Morgan fingerprint density at radius 3 is 2.95 bits per heavy atom. The molecule has 102 valence electrons. The van der Waals surface area contributed by atoms with Crippen LogP contribution in [0.3, 0.4) is 0 Å². The molecule has 0 atom stereocenters. The van der Waals surface area contributed by atoms with Gasteiger partial charge >= 0.3 is 0 Å². The molecule has 0 amide bonds. The van der Waals surface area contributed by atoms with Gasteiger partial charge in [0, 0.05) is 11.8 Å². The number of nitrogens with one attached hydrogen (secondary N) is 1. The molecule has 1 N–H and O–H groups in total. The zero-order chi connectivity index (χ0) is 13.9. The molecule has 0 spiro atoms. The maximum atomic E-state index is 5.50. The van der Waals surface area contributed by atoms with Crippen molar-refractivity contribution in [3.63, 3.8) is 0 Å². The minimum Gasteiger partial charge on any atom is -0.494 e. The molecule has 2 aromatic carbocycles. The number of hydrogen-bond donors (Lipinski definition) is 1. The third-order valence-corrected chi connectivity index (χ3v) is 3.89. The fourth-order valence-corrected chi connectivity index (χ4v) is 2.91. The van der Waals surface area contributed by atoms with Crippen LogP contribution < -0.4 is 10.1 Å². The van der Waals surface area contributed by atoms with E-state index in [2.05, 4.69) is 35.4 Å². The van der Waals surface area contributed by atoms with E-state index in [0.29, 0.717) is 6.61 Å². The van der Waals surface area contributed by atoms with Crippen molar-refractivity contribution in [1.29, 1.82) is 0 Å².